The van der Waals surface area contributed by atoms with Gasteiger partial charge in [-0.05, 0) is 42.1 Å². The number of aromatic amines is 1. The van der Waals surface area contributed by atoms with Gasteiger partial charge in [0.1, 0.15) is 17.3 Å². The van der Waals surface area contributed by atoms with Gasteiger partial charge in [0.15, 0.2) is 5.69 Å². The Morgan fingerprint density at radius 3 is 2.48 bits per heavy atom. The van der Waals surface area contributed by atoms with Crippen molar-refractivity contribution in [1.29, 1.82) is 0 Å². The molecule has 0 aliphatic rings. The van der Waals surface area contributed by atoms with Crippen LogP contribution in [0.2, 0.25) is 0 Å². The number of nitrogens with two attached hydrogens (primary N) is 1. The van der Waals surface area contributed by atoms with Crippen molar-refractivity contribution < 1.29 is 13.9 Å². The molecule has 2 heterocycles. The monoisotopic (exact) mass is 470 g/mol. The van der Waals surface area contributed by atoms with Crippen LogP contribution in [0.4, 0.5) is 11.5 Å². The molecular formula is C19H27BrN4O5. The number of amides is 1. The van der Waals surface area contributed by atoms with E-state index in [-0.39, 0.29) is 24.0 Å². The van der Waals surface area contributed by atoms with Gasteiger partial charge in [-0.1, -0.05) is 13.8 Å². The first-order chi connectivity index (χ1) is 13.6. The van der Waals surface area contributed by atoms with Crippen molar-refractivity contribution >= 4 is 33.3 Å². The van der Waals surface area contributed by atoms with E-state index < -0.39 is 17.2 Å². The van der Waals surface area contributed by atoms with Crippen LogP contribution in [0.25, 0.3) is 0 Å². The highest BCUT2D eigenvalue weighted by Gasteiger charge is 2.29. The molecule has 3 N–H and O–H groups in total. The highest BCUT2D eigenvalue weighted by Crippen LogP contribution is 2.30. The van der Waals surface area contributed by atoms with E-state index >= 15 is 0 Å². The Hall–Kier alpha value is -2.33. The van der Waals surface area contributed by atoms with Crippen molar-refractivity contribution in [3.63, 3.8) is 0 Å². The number of methoxy groups -OCH3 is 1. The highest BCUT2D eigenvalue weighted by molar-refractivity contribution is 9.10. The van der Waals surface area contributed by atoms with E-state index in [0.29, 0.717) is 41.1 Å². The van der Waals surface area contributed by atoms with Gasteiger partial charge >= 0.3 is 5.69 Å². The normalized spacial score (nSPS) is 11.3. The van der Waals surface area contributed by atoms with Crippen molar-refractivity contribution in [2.24, 2.45) is 5.92 Å². The van der Waals surface area contributed by atoms with E-state index in [4.69, 9.17) is 14.9 Å². The molecule has 0 atom stereocenters. The Kier molecular flexibility index (Phi) is 7.48. The molecule has 0 unspecified atom stereocenters. The number of halogens is 1. The second kappa shape index (κ2) is 9.45. The third kappa shape index (κ3) is 4.81. The van der Waals surface area contributed by atoms with Crippen molar-refractivity contribution in [1.82, 2.24) is 9.55 Å². The Morgan fingerprint density at radius 1 is 1.31 bits per heavy atom. The van der Waals surface area contributed by atoms with E-state index in [2.05, 4.69) is 20.9 Å². The van der Waals surface area contributed by atoms with Crippen LogP contribution in [-0.2, 0) is 11.3 Å². The molecule has 160 valence electrons. The fourth-order valence-electron chi connectivity index (χ4n) is 3.10. The molecule has 10 heteroatoms. The van der Waals surface area contributed by atoms with Gasteiger partial charge in [-0.3, -0.25) is 19.1 Å². The largest absolute Gasteiger partial charge is 0.465 e. The van der Waals surface area contributed by atoms with Crippen molar-refractivity contribution in [3.05, 3.63) is 42.4 Å². The van der Waals surface area contributed by atoms with Gasteiger partial charge in [0.2, 0.25) is 0 Å². The number of rotatable bonds is 8. The summed E-state index contributed by atoms with van der Waals surface area (Å²) < 4.78 is 12.4. The van der Waals surface area contributed by atoms with Crippen LogP contribution in [0.1, 0.15) is 42.1 Å². The van der Waals surface area contributed by atoms with Gasteiger partial charge in [-0.25, -0.2) is 4.79 Å². The molecule has 0 fully saturated rings. The van der Waals surface area contributed by atoms with Gasteiger partial charge in [0, 0.05) is 26.8 Å². The molecule has 2 rings (SSSR count). The predicted molar refractivity (Wildman–Crippen MR) is 115 cm³/mol. The number of nitrogens with one attached hydrogen (secondary N) is 1. The van der Waals surface area contributed by atoms with Crippen LogP contribution in [0.3, 0.4) is 0 Å². The van der Waals surface area contributed by atoms with Crippen LogP contribution >= 0.6 is 15.9 Å². The van der Waals surface area contributed by atoms with E-state index in [1.54, 1.807) is 21.0 Å². The van der Waals surface area contributed by atoms with E-state index in [9.17, 15) is 14.4 Å². The number of aromatic nitrogens is 2. The lowest BCUT2D eigenvalue weighted by Crippen LogP contribution is -2.42. The molecule has 0 aliphatic heterocycles. The molecule has 0 spiro atoms. The zero-order chi connectivity index (χ0) is 21.9. The van der Waals surface area contributed by atoms with Gasteiger partial charge in [0.05, 0.1) is 10.0 Å². The number of nitrogens with zero attached hydrogens (tertiary/aromatic N) is 2. The molecule has 0 saturated heterocycles. The lowest BCUT2D eigenvalue weighted by Gasteiger charge is -2.25. The Balaban J connectivity index is 2.65. The molecule has 0 saturated carbocycles. The topological polar surface area (TPSA) is 124 Å². The fraction of sp³-hybridized carbons (Fsp3) is 0.526. The van der Waals surface area contributed by atoms with Crippen molar-refractivity contribution in [2.45, 2.75) is 40.7 Å². The van der Waals surface area contributed by atoms with Gasteiger partial charge in [-0.2, -0.15) is 0 Å². The maximum atomic E-state index is 13.4. The number of ether oxygens (including phenoxy) is 1. The minimum atomic E-state index is -0.715. The molecule has 29 heavy (non-hydrogen) atoms. The van der Waals surface area contributed by atoms with Crippen LogP contribution in [0.5, 0.6) is 0 Å². The first kappa shape index (κ1) is 23.0. The summed E-state index contributed by atoms with van der Waals surface area (Å²) in [5, 5.41) is 0. The van der Waals surface area contributed by atoms with Crippen LogP contribution in [0, 0.1) is 19.8 Å². The van der Waals surface area contributed by atoms with Gasteiger partial charge < -0.3 is 19.8 Å². The van der Waals surface area contributed by atoms with Crippen molar-refractivity contribution in [2.75, 3.05) is 30.9 Å². The predicted octanol–water partition coefficient (Wildman–Crippen LogP) is 2.43. The molecule has 9 nitrogen and oxygen atoms in total. The number of hydrogen-bond donors (Lipinski definition) is 2. The molecule has 0 radical (unpaired) electrons. The minimum Gasteiger partial charge on any atom is -0.465 e. The number of nitrogen functional groups attached to an aromatic ring is 1. The second-order valence-corrected chi connectivity index (χ2v) is 8.00. The zero-order valence-electron chi connectivity index (χ0n) is 17.3. The van der Waals surface area contributed by atoms with Crippen molar-refractivity contribution in [3.8, 4) is 0 Å². The van der Waals surface area contributed by atoms with Crippen LogP contribution in [0.15, 0.2) is 18.5 Å². The summed E-state index contributed by atoms with van der Waals surface area (Å²) in [6.07, 6.45) is 0.470. The number of anilines is 2. The third-order valence-electron chi connectivity index (χ3n) is 4.41. The second-order valence-electron chi connectivity index (χ2n) is 7.20. The van der Waals surface area contributed by atoms with Gasteiger partial charge in [-0.15, -0.1) is 0 Å². The van der Waals surface area contributed by atoms with Crippen LogP contribution in [-0.4, -0.2) is 35.7 Å². The summed E-state index contributed by atoms with van der Waals surface area (Å²) in [5.41, 5.74) is 5.14. The number of H-pyrrole nitrogens is 1. The summed E-state index contributed by atoms with van der Waals surface area (Å²) in [6, 6.07) is 0. The van der Waals surface area contributed by atoms with Gasteiger partial charge in [0.25, 0.3) is 11.5 Å². The number of carbonyl (C=O) groups excluding carboxylic acids is 1. The van der Waals surface area contributed by atoms with Crippen LogP contribution < -0.4 is 21.9 Å². The number of aryl methyl sites for hydroxylation is 2. The number of carbonyl (C=O) groups is 1. The molecule has 2 aromatic heterocycles. The highest BCUT2D eigenvalue weighted by atomic mass is 79.9. The SMILES string of the molecule is COCCCN(C(=O)c1c(C)oc(C)c1Br)c1c(N)n(CC(C)C)c(=O)[nH]c1=O. The quantitative estimate of drug-likeness (QED) is 0.570. The number of hydrogen-bond acceptors (Lipinski definition) is 6. The minimum absolute atomic E-state index is 0.0489. The molecule has 0 bridgehead atoms. The fourth-order valence-corrected chi connectivity index (χ4v) is 3.63. The average molecular weight is 471 g/mol. The average Bonchev–Trinajstić information content (AvgIpc) is 2.88. The molecule has 0 aromatic carbocycles. The summed E-state index contributed by atoms with van der Waals surface area (Å²) in [4.78, 5) is 41.9. The summed E-state index contributed by atoms with van der Waals surface area (Å²) in [6.45, 7) is 8.12. The third-order valence-corrected chi connectivity index (χ3v) is 5.36. The van der Waals surface area contributed by atoms with E-state index in [1.807, 2.05) is 13.8 Å². The lowest BCUT2D eigenvalue weighted by molar-refractivity contribution is 0.0981. The smallest absolute Gasteiger partial charge is 0.330 e. The first-order valence-electron chi connectivity index (χ1n) is 9.29. The Morgan fingerprint density at radius 2 is 1.97 bits per heavy atom. The Labute approximate surface area is 177 Å². The summed E-state index contributed by atoms with van der Waals surface area (Å²) in [5.74, 6) is 0.580. The summed E-state index contributed by atoms with van der Waals surface area (Å²) >= 11 is 3.38. The molecular weight excluding hydrogens is 444 g/mol. The van der Waals surface area contributed by atoms with E-state index in [1.165, 1.54) is 9.47 Å². The molecule has 2 aromatic rings. The van der Waals surface area contributed by atoms with E-state index in [0.717, 1.165) is 0 Å². The maximum Gasteiger partial charge on any atom is 0.330 e. The molecule has 0 aliphatic carbocycles. The first-order valence-corrected chi connectivity index (χ1v) is 10.1. The number of furan rings is 1. The standard InChI is InChI=1S/C19H27BrN4O5/c1-10(2)9-24-16(21)15(17(25)22-19(24)27)23(7-6-8-28-5)18(26)13-11(3)29-12(4)14(13)20/h10H,6-9,21H2,1-5H3,(H,22,25,27). The maximum absolute atomic E-state index is 13.4. The lowest BCUT2D eigenvalue weighted by atomic mass is 10.2. The molecule has 1 amide bonds. The Bertz CT molecular complexity index is 1010. The zero-order valence-corrected chi connectivity index (χ0v) is 18.9. The summed E-state index contributed by atoms with van der Waals surface area (Å²) in [7, 11) is 1.55.